The summed E-state index contributed by atoms with van der Waals surface area (Å²) in [5, 5.41) is 8.04. The molecule has 0 fully saturated rings. The smallest absolute Gasteiger partial charge is 0.371 e. The van der Waals surface area contributed by atoms with Gasteiger partial charge in [0, 0.05) is 0 Å². The first-order valence-electron chi connectivity index (χ1n) is 4.63. The molecular formula is C9H13NO5S. The lowest BCUT2D eigenvalue weighted by molar-refractivity contribution is 0.0660. The van der Waals surface area contributed by atoms with E-state index in [1.165, 1.54) is 12.1 Å². The van der Waals surface area contributed by atoms with Crippen LogP contribution in [-0.4, -0.2) is 24.7 Å². The summed E-state index contributed by atoms with van der Waals surface area (Å²) in [4.78, 5) is 10.5. The summed E-state index contributed by atoms with van der Waals surface area (Å²) in [6.07, 6.45) is 0. The van der Waals surface area contributed by atoms with Crippen molar-refractivity contribution in [1.29, 1.82) is 0 Å². The first-order valence-corrected chi connectivity index (χ1v) is 6.18. The van der Waals surface area contributed by atoms with Crippen LogP contribution in [0.5, 0.6) is 0 Å². The zero-order valence-electron chi connectivity index (χ0n) is 8.93. The van der Waals surface area contributed by atoms with Crippen molar-refractivity contribution in [2.24, 2.45) is 0 Å². The number of nitrogens with one attached hydrogen (secondary N) is 1. The molecule has 1 heterocycles. The molecule has 0 aliphatic carbocycles. The number of furan rings is 1. The van der Waals surface area contributed by atoms with Gasteiger partial charge < -0.3 is 9.52 Å². The first kappa shape index (κ1) is 12.7. The fourth-order valence-corrected chi connectivity index (χ4v) is 1.60. The molecule has 0 saturated heterocycles. The molecular weight excluding hydrogens is 234 g/mol. The van der Waals surface area contributed by atoms with Gasteiger partial charge in [-0.05, 0) is 26.0 Å². The second kappa shape index (κ2) is 4.67. The SMILES string of the molecule is CC(C)S(=O)(=O)NCc1ccc(C(=O)O)o1. The van der Waals surface area contributed by atoms with Crippen LogP contribution in [0.4, 0.5) is 0 Å². The number of carboxylic acids is 1. The molecule has 0 radical (unpaired) electrons. The van der Waals surface area contributed by atoms with E-state index in [1.807, 2.05) is 0 Å². The van der Waals surface area contributed by atoms with Gasteiger partial charge in [0.1, 0.15) is 5.76 Å². The molecule has 0 bridgehead atoms. The molecule has 6 nitrogen and oxygen atoms in total. The summed E-state index contributed by atoms with van der Waals surface area (Å²) in [5.41, 5.74) is 0. The van der Waals surface area contributed by atoms with E-state index in [9.17, 15) is 13.2 Å². The molecule has 1 rings (SSSR count). The molecule has 90 valence electrons. The monoisotopic (exact) mass is 247 g/mol. The van der Waals surface area contributed by atoms with Crippen molar-refractivity contribution in [3.63, 3.8) is 0 Å². The van der Waals surface area contributed by atoms with Gasteiger partial charge >= 0.3 is 5.97 Å². The van der Waals surface area contributed by atoms with Gasteiger partial charge in [-0.1, -0.05) is 0 Å². The van der Waals surface area contributed by atoms with Crippen LogP contribution >= 0.6 is 0 Å². The van der Waals surface area contributed by atoms with Crippen molar-refractivity contribution < 1.29 is 22.7 Å². The third kappa shape index (κ3) is 3.07. The van der Waals surface area contributed by atoms with E-state index < -0.39 is 21.2 Å². The van der Waals surface area contributed by atoms with Crippen molar-refractivity contribution in [2.75, 3.05) is 0 Å². The van der Waals surface area contributed by atoms with Crippen LogP contribution in [0.15, 0.2) is 16.5 Å². The van der Waals surface area contributed by atoms with Crippen LogP contribution in [-0.2, 0) is 16.6 Å². The second-order valence-corrected chi connectivity index (χ2v) is 5.81. The van der Waals surface area contributed by atoms with E-state index in [4.69, 9.17) is 9.52 Å². The number of rotatable bonds is 5. The molecule has 0 aromatic carbocycles. The highest BCUT2D eigenvalue weighted by atomic mass is 32.2. The van der Waals surface area contributed by atoms with Crippen molar-refractivity contribution in [3.8, 4) is 0 Å². The summed E-state index contributed by atoms with van der Waals surface area (Å²) in [6, 6.07) is 2.70. The quantitative estimate of drug-likeness (QED) is 0.802. The van der Waals surface area contributed by atoms with E-state index in [0.29, 0.717) is 0 Å². The minimum absolute atomic E-state index is 0.0478. The van der Waals surface area contributed by atoms with Gasteiger partial charge in [-0.2, -0.15) is 0 Å². The molecule has 0 aliphatic rings. The number of hydrogen-bond acceptors (Lipinski definition) is 4. The molecule has 1 aromatic rings. The average molecular weight is 247 g/mol. The Bertz CT molecular complexity index is 474. The van der Waals surface area contributed by atoms with E-state index in [-0.39, 0.29) is 18.1 Å². The van der Waals surface area contributed by atoms with Gasteiger partial charge in [0.25, 0.3) is 0 Å². The van der Waals surface area contributed by atoms with Crippen molar-refractivity contribution in [3.05, 3.63) is 23.7 Å². The second-order valence-electron chi connectivity index (χ2n) is 3.49. The van der Waals surface area contributed by atoms with Crippen LogP contribution < -0.4 is 4.72 Å². The van der Waals surface area contributed by atoms with Gasteiger partial charge in [0.15, 0.2) is 0 Å². The van der Waals surface area contributed by atoms with E-state index >= 15 is 0 Å². The molecule has 0 spiro atoms. The maximum absolute atomic E-state index is 11.4. The molecule has 0 amide bonds. The fourth-order valence-electron chi connectivity index (χ4n) is 0.926. The summed E-state index contributed by atoms with van der Waals surface area (Å²) in [7, 11) is -3.36. The number of aromatic carboxylic acids is 1. The van der Waals surface area contributed by atoms with E-state index in [0.717, 1.165) is 0 Å². The standard InChI is InChI=1S/C9H13NO5S/c1-6(2)16(13,14)10-5-7-3-4-8(15-7)9(11)12/h3-4,6,10H,5H2,1-2H3,(H,11,12). The molecule has 0 saturated carbocycles. The zero-order chi connectivity index (χ0) is 12.3. The van der Waals surface area contributed by atoms with E-state index in [2.05, 4.69) is 4.72 Å². The van der Waals surface area contributed by atoms with Crippen LogP contribution in [0.2, 0.25) is 0 Å². The molecule has 1 aromatic heterocycles. The lowest BCUT2D eigenvalue weighted by Gasteiger charge is -2.07. The third-order valence-corrected chi connectivity index (χ3v) is 3.73. The molecule has 7 heteroatoms. The Morgan fingerprint density at radius 2 is 2.12 bits per heavy atom. The zero-order valence-corrected chi connectivity index (χ0v) is 9.74. The van der Waals surface area contributed by atoms with Gasteiger partial charge in [0.2, 0.25) is 15.8 Å². The Morgan fingerprint density at radius 3 is 2.56 bits per heavy atom. The minimum atomic E-state index is -3.36. The number of carbonyl (C=O) groups is 1. The highest BCUT2D eigenvalue weighted by Gasteiger charge is 2.16. The lowest BCUT2D eigenvalue weighted by Crippen LogP contribution is -2.30. The van der Waals surface area contributed by atoms with Gasteiger partial charge in [0.05, 0.1) is 11.8 Å². The van der Waals surface area contributed by atoms with E-state index in [1.54, 1.807) is 13.8 Å². The van der Waals surface area contributed by atoms with Crippen molar-refractivity contribution in [2.45, 2.75) is 25.6 Å². The predicted molar refractivity (Wildman–Crippen MR) is 56.6 cm³/mol. The van der Waals surface area contributed by atoms with Gasteiger partial charge in [-0.3, -0.25) is 0 Å². The number of sulfonamides is 1. The van der Waals surface area contributed by atoms with Gasteiger partial charge in [-0.15, -0.1) is 0 Å². The van der Waals surface area contributed by atoms with Crippen LogP contribution in [0.25, 0.3) is 0 Å². The molecule has 0 atom stereocenters. The Labute approximate surface area is 93.3 Å². The largest absolute Gasteiger partial charge is 0.475 e. The summed E-state index contributed by atoms with van der Waals surface area (Å²) in [6.45, 7) is 3.05. The average Bonchev–Trinajstić information content (AvgIpc) is 2.63. The summed E-state index contributed by atoms with van der Waals surface area (Å²) in [5.74, 6) is -1.13. The lowest BCUT2D eigenvalue weighted by atomic mass is 10.4. The molecule has 16 heavy (non-hydrogen) atoms. The Kier molecular flexibility index (Phi) is 3.71. The molecule has 0 aliphatic heterocycles. The number of carboxylic acid groups (broad SMARTS) is 1. The summed E-state index contributed by atoms with van der Waals surface area (Å²) < 4.78 is 30.0. The van der Waals surface area contributed by atoms with Crippen molar-refractivity contribution in [1.82, 2.24) is 4.72 Å². The Hall–Kier alpha value is -1.34. The van der Waals surface area contributed by atoms with Crippen LogP contribution in [0, 0.1) is 0 Å². The summed E-state index contributed by atoms with van der Waals surface area (Å²) >= 11 is 0. The van der Waals surface area contributed by atoms with Crippen LogP contribution in [0.3, 0.4) is 0 Å². The third-order valence-electron chi connectivity index (χ3n) is 1.94. The van der Waals surface area contributed by atoms with Gasteiger partial charge in [-0.25, -0.2) is 17.9 Å². The normalized spacial score (nSPS) is 11.9. The fraction of sp³-hybridized carbons (Fsp3) is 0.444. The molecule has 2 N–H and O–H groups in total. The van der Waals surface area contributed by atoms with Crippen molar-refractivity contribution >= 4 is 16.0 Å². The number of hydrogen-bond donors (Lipinski definition) is 2. The minimum Gasteiger partial charge on any atom is -0.475 e. The first-order chi connectivity index (χ1) is 7.33. The van der Waals surface area contributed by atoms with Crippen LogP contribution in [0.1, 0.15) is 30.2 Å². The highest BCUT2D eigenvalue weighted by Crippen LogP contribution is 2.08. The predicted octanol–water partition coefficient (Wildman–Crippen LogP) is 0.806. The maximum atomic E-state index is 11.4. The highest BCUT2D eigenvalue weighted by molar-refractivity contribution is 7.90. The topological polar surface area (TPSA) is 96.6 Å². The maximum Gasteiger partial charge on any atom is 0.371 e. The Morgan fingerprint density at radius 1 is 1.50 bits per heavy atom. The molecule has 0 unspecified atom stereocenters. The Balaban J connectivity index is 2.65.